The van der Waals surface area contributed by atoms with Crippen LogP contribution in [0.3, 0.4) is 0 Å². The van der Waals surface area contributed by atoms with Crippen LogP contribution in [0.5, 0.6) is 0 Å². The van der Waals surface area contributed by atoms with E-state index in [9.17, 15) is 9.59 Å². The number of carbonyl (C=O) groups excluding carboxylic acids is 2. The maximum Gasteiger partial charge on any atom is 0.308 e. The molecule has 0 aliphatic carbocycles. The number of ether oxygens (including phenoxy) is 1. The number of benzene rings is 1. The third-order valence-corrected chi connectivity index (χ3v) is 3.81. The Hall–Kier alpha value is -1.30. The number of carbonyl (C=O) groups is 2. The summed E-state index contributed by atoms with van der Waals surface area (Å²) in [5, 5.41) is 3.72. The first-order chi connectivity index (χ1) is 10.5. The van der Waals surface area contributed by atoms with E-state index < -0.39 is 6.04 Å². The second kappa shape index (κ2) is 9.11. The molecule has 128 valence electrons. The van der Waals surface area contributed by atoms with Gasteiger partial charge in [-0.05, 0) is 25.5 Å². The Bertz CT molecular complexity index is 552. The molecular formula is C16H22Cl2N2O3. The second-order valence-corrected chi connectivity index (χ2v) is 6.01. The Kier molecular flexibility index (Phi) is 7.82. The molecule has 0 radical (unpaired) electrons. The zero-order valence-corrected chi connectivity index (χ0v) is 14.8. The summed E-state index contributed by atoms with van der Waals surface area (Å²) in [6, 6.07) is 6.94. The van der Waals surface area contributed by atoms with E-state index >= 15 is 0 Å². The van der Waals surface area contributed by atoms with Gasteiger partial charge in [0.25, 0.3) is 0 Å². The quantitative estimate of drug-likeness (QED) is 0.819. The summed E-state index contributed by atoms with van der Waals surface area (Å²) < 4.78 is 5.10. The van der Waals surface area contributed by atoms with Crippen LogP contribution in [0.1, 0.15) is 25.8 Å². The first-order valence-corrected chi connectivity index (χ1v) is 7.80. The van der Waals surface area contributed by atoms with Gasteiger partial charge < -0.3 is 15.0 Å². The fourth-order valence-electron chi connectivity index (χ4n) is 2.42. The fourth-order valence-corrected chi connectivity index (χ4v) is 2.61. The first kappa shape index (κ1) is 19.7. The lowest BCUT2D eigenvalue weighted by Crippen LogP contribution is -2.55. The van der Waals surface area contributed by atoms with E-state index in [1.54, 1.807) is 24.8 Å². The van der Waals surface area contributed by atoms with Crippen molar-refractivity contribution in [1.29, 1.82) is 0 Å². The molecule has 2 rings (SSSR count). The number of nitrogens with zero attached hydrogens (tertiary/aromatic N) is 1. The molecule has 1 heterocycles. The van der Waals surface area contributed by atoms with Gasteiger partial charge in [-0.1, -0.05) is 29.8 Å². The summed E-state index contributed by atoms with van der Waals surface area (Å²) in [7, 11) is 0. The SMILES string of the molecule is CC(C)OC(=O)CC1NCCN(Cc2ccccc2Cl)C1=O.Cl. The number of hydrogen-bond acceptors (Lipinski definition) is 4. The van der Waals surface area contributed by atoms with Gasteiger partial charge >= 0.3 is 5.97 Å². The largest absolute Gasteiger partial charge is 0.463 e. The van der Waals surface area contributed by atoms with Crippen LogP contribution in [0, 0.1) is 0 Å². The minimum Gasteiger partial charge on any atom is -0.463 e. The van der Waals surface area contributed by atoms with Crippen molar-refractivity contribution in [2.75, 3.05) is 13.1 Å². The summed E-state index contributed by atoms with van der Waals surface area (Å²) in [6.07, 6.45) is -0.124. The molecule has 23 heavy (non-hydrogen) atoms. The zero-order chi connectivity index (χ0) is 16.1. The monoisotopic (exact) mass is 360 g/mol. The Morgan fingerprint density at radius 1 is 1.43 bits per heavy atom. The van der Waals surface area contributed by atoms with Gasteiger partial charge in [-0.3, -0.25) is 9.59 Å². The Labute approximate surface area is 147 Å². The lowest BCUT2D eigenvalue weighted by atomic mass is 10.1. The number of nitrogens with one attached hydrogen (secondary N) is 1. The van der Waals surface area contributed by atoms with Gasteiger partial charge in [-0.25, -0.2) is 0 Å². The van der Waals surface area contributed by atoms with Crippen molar-refractivity contribution >= 4 is 35.9 Å². The highest BCUT2D eigenvalue weighted by atomic mass is 35.5. The molecule has 1 saturated heterocycles. The maximum absolute atomic E-state index is 12.5. The molecular weight excluding hydrogens is 339 g/mol. The Morgan fingerprint density at radius 3 is 2.78 bits per heavy atom. The molecule has 1 aliphatic heterocycles. The fraction of sp³-hybridized carbons (Fsp3) is 0.500. The molecule has 1 aromatic rings. The van der Waals surface area contributed by atoms with Crippen LogP contribution >= 0.6 is 24.0 Å². The van der Waals surface area contributed by atoms with E-state index in [0.29, 0.717) is 24.7 Å². The predicted molar refractivity (Wildman–Crippen MR) is 91.8 cm³/mol. The highest BCUT2D eigenvalue weighted by Gasteiger charge is 2.31. The van der Waals surface area contributed by atoms with Crippen LogP contribution in [0.4, 0.5) is 0 Å². The van der Waals surface area contributed by atoms with Crippen LogP contribution in [0.15, 0.2) is 24.3 Å². The molecule has 0 spiro atoms. The van der Waals surface area contributed by atoms with Crippen molar-refractivity contribution in [3.63, 3.8) is 0 Å². The summed E-state index contributed by atoms with van der Waals surface area (Å²) in [6.45, 7) is 5.28. The van der Waals surface area contributed by atoms with Crippen molar-refractivity contribution in [1.82, 2.24) is 10.2 Å². The van der Waals surface area contributed by atoms with Gasteiger partial charge in [-0.2, -0.15) is 0 Å². The van der Waals surface area contributed by atoms with Crippen LogP contribution in [0.25, 0.3) is 0 Å². The smallest absolute Gasteiger partial charge is 0.308 e. The van der Waals surface area contributed by atoms with E-state index in [1.165, 1.54) is 0 Å². The molecule has 1 atom stereocenters. The van der Waals surface area contributed by atoms with Crippen LogP contribution in [-0.2, 0) is 20.9 Å². The highest BCUT2D eigenvalue weighted by molar-refractivity contribution is 6.31. The molecule has 1 amide bonds. The van der Waals surface area contributed by atoms with Crippen molar-refractivity contribution in [2.45, 2.75) is 39.0 Å². The number of esters is 1. The van der Waals surface area contributed by atoms with Crippen molar-refractivity contribution < 1.29 is 14.3 Å². The lowest BCUT2D eigenvalue weighted by molar-refractivity contribution is -0.151. The maximum atomic E-state index is 12.5. The molecule has 0 bridgehead atoms. The third kappa shape index (κ3) is 5.68. The van der Waals surface area contributed by atoms with Crippen molar-refractivity contribution in [3.8, 4) is 0 Å². The summed E-state index contributed by atoms with van der Waals surface area (Å²) in [4.78, 5) is 25.9. The number of halogens is 2. The van der Waals surface area contributed by atoms with Gasteiger partial charge in [0.05, 0.1) is 18.6 Å². The number of amides is 1. The molecule has 1 unspecified atom stereocenters. The second-order valence-electron chi connectivity index (χ2n) is 5.60. The molecule has 1 aliphatic rings. The lowest BCUT2D eigenvalue weighted by Gasteiger charge is -2.33. The Balaban J connectivity index is 0.00000264. The summed E-state index contributed by atoms with van der Waals surface area (Å²) >= 11 is 6.14. The molecule has 7 heteroatoms. The van der Waals surface area contributed by atoms with Crippen LogP contribution < -0.4 is 5.32 Å². The van der Waals surface area contributed by atoms with E-state index in [4.69, 9.17) is 16.3 Å². The number of piperazine rings is 1. The van der Waals surface area contributed by atoms with Crippen molar-refractivity contribution in [3.05, 3.63) is 34.9 Å². The normalized spacial score (nSPS) is 17.8. The molecule has 1 fully saturated rings. The van der Waals surface area contributed by atoms with E-state index in [-0.39, 0.29) is 36.8 Å². The standard InChI is InChI=1S/C16H21ClN2O3.ClH/c1-11(2)22-15(20)9-14-16(21)19(8-7-18-14)10-12-5-3-4-6-13(12)17;/h3-6,11,14,18H,7-10H2,1-2H3;1H. The minimum atomic E-state index is -0.525. The van der Waals surface area contributed by atoms with Crippen molar-refractivity contribution in [2.24, 2.45) is 0 Å². The number of rotatable bonds is 5. The minimum absolute atomic E-state index is 0. The molecule has 1 aromatic carbocycles. The number of hydrogen-bond donors (Lipinski definition) is 1. The molecule has 0 aromatic heterocycles. The van der Waals surface area contributed by atoms with E-state index in [2.05, 4.69) is 5.32 Å². The summed E-state index contributed by atoms with van der Waals surface area (Å²) in [5.74, 6) is -0.452. The molecule has 0 saturated carbocycles. The van der Waals surface area contributed by atoms with Crippen LogP contribution in [-0.4, -0.2) is 42.0 Å². The first-order valence-electron chi connectivity index (χ1n) is 7.42. The van der Waals surface area contributed by atoms with Gasteiger partial charge in [0, 0.05) is 24.7 Å². The van der Waals surface area contributed by atoms with E-state index in [0.717, 1.165) is 5.56 Å². The average molecular weight is 361 g/mol. The average Bonchev–Trinajstić information content (AvgIpc) is 2.44. The summed E-state index contributed by atoms with van der Waals surface area (Å²) in [5.41, 5.74) is 0.905. The highest BCUT2D eigenvalue weighted by Crippen LogP contribution is 2.18. The van der Waals surface area contributed by atoms with Gasteiger partial charge in [0.1, 0.15) is 0 Å². The molecule has 5 nitrogen and oxygen atoms in total. The zero-order valence-electron chi connectivity index (χ0n) is 13.3. The van der Waals surface area contributed by atoms with Gasteiger partial charge in [0.2, 0.25) is 5.91 Å². The topological polar surface area (TPSA) is 58.6 Å². The van der Waals surface area contributed by atoms with E-state index in [1.807, 2.05) is 18.2 Å². The predicted octanol–water partition coefficient (Wildman–Crippen LogP) is 2.40. The third-order valence-electron chi connectivity index (χ3n) is 3.44. The molecule has 1 N–H and O–H groups in total. The van der Waals surface area contributed by atoms with Gasteiger partial charge in [-0.15, -0.1) is 12.4 Å². The van der Waals surface area contributed by atoms with Gasteiger partial charge in [0.15, 0.2) is 0 Å². The Morgan fingerprint density at radius 2 is 2.13 bits per heavy atom. The van der Waals surface area contributed by atoms with Crippen LogP contribution in [0.2, 0.25) is 5.02 Å².